The van der Waals surface area contributed by atoms with Gasteiger partial charge in [-0.2, -0.15) is 0 Å². The van der Waals surface area contributed by atoms with Crippen LogP contribution in [0.3, 0.4) is 0 Å². The second kappa shape index (κ2) is 21.2. The molecule has 0 bridgehead atoms. The molecule has 0 amide bonds. The average Bonchev–Trinajstić information content (AvgIpc) is 2.91. The number of carboxylic acid groups (broad SMARTS) is 2. The SMILES string of the molecule is CCCCCCCCCc1cccc(-c2ccccc2C(=O)OC)c1CCCCCCCCC.O=C(O)O. The third-order valence-corrected chi connectivity index (χ3v) is 6.98. The molecule has 0 saturated heterocycles. The first-order valence-electron chi connectivity index (χ1n) is 14.7. The van der Waals surface area contributed by atoms with E-state index in [4.69, 9.17) is 19.7 Å². The Morgan fingerprint density at radius 3 is 1.66 bits per heavy atom. The van der Waals surface area contributed by atoms with Gasteiger partial charge in [0, 0.05) is 0 Å². The molecule has 0 heterocycles. The Bertz CT molecular complexity index is 917. The molecule has 5 nitrogen and oxygen atoms in total. The Kier molecular flexibility index (Phi) is 18.5. The summed E-state index contributed by atoms with van der Waals surface area (Å²) in [5.74, 6) is -0.255. The molecule has 2 aromatic rings. The second-order valence-corrected chi connectivity index (χ2v) is 10.0. The summed E-state index contributed by atoms with van der Waals surface area (Å²) in [6, 6.07) is 14.6. The van der Waals surface area contributed by atoms with Gasteiger partial charge < -0.3 is 14.9 Å². The maximum absolute atomic E-state index is 12.5. The first-order valence-corrected chi connectivity index (χ1v) is 14.7. The van der Waals surface area contributed by atoms with Crippen LogP contribution in [0.2, 0.25) is 0 Å². The average molecular weight is 527 g/mol. The molecular formula is C33H50O5. The van der Waals surface area contributed by atoms with Crippen LogP contribution in [0.4, 0.5) is 4.79 Å². The summed E-state index contributed by atoms with van der Waals surface area (Å²) >= 11 is 0. The highest BCUT2D eigenvalue weighted by Crippen LogP contribution is 2.32. The first-order chi connectivity index (χ1) is 18.5. The number of unbranched alkanes of at least 4 members (excludes halogenated alkanes) is 12. The summed E-state index contributed by atoms with van der Waals surface area (Å²) in [7, 11) is 1.47. The quantitative estimate of drug-likeness (QED) is 0.149. The minimum absolute atomic E-state index is 0.255. The molecule has 2 aromatic carbocycles. The fourth-order valence-corrected chi connectivity index (χ4v) is 4.95. The van der Waals surface area contributed by atoms with Gasteiger partial charge in [-0.05, 0) is 54.0 Å². The van der Waals surface area contributed by atoms with Crippen LogP contribution in [0.15, 0.2) is 42.5 Å². The normalized spacial score (nSPS) is 10.5. The number of methoxy groups -OCH3 is 1. The molecule has 0 aliphatic carbocycles. The van der Waals surface area contributed by atoms with Crippen LogP contribution in [0, 0.1) is 0 Å². The summed E-state index contributed by atoms with van der Waals surface area (Å²) in [5, 5.41) is 13.9. The number of benzene rings is 2. The first kappa shape index (κ1) is 33.2. The van der Waals surface area contributed by atoms with E-state index in [1.807, 2.05) is 18.2 Å². The van der Waals surface area contributed by atoms with E-state index in [0.717, 1.165) is 18.4 Å². The van der Waals surface area contributed by atoms with E-state index in [0.29, 0.717) is 5.56 Å². The Morgan fingerprint density at radius 1 is 0.632 bits per heavy atom. The standard InChI is InChI=1S/C32H48O2.CH2O3/c1-4-6-8-10-12-14-16-21-27-22-20-26-29(28(27)23-17-15-13-11-9-7-5-2)30-24-18-19-25-31(30)32(33)34-3;2-1(3)4/h18-20,22,24-26H,4-17,21,23H2,1-3H3;(H2,2,3,4). The highest BCUT2D eigenvalue weighted by Gasteiger charge is 2.17. The second-order valence-electron chi connectivity index (χ2n) is 10.0. The summed E-state index contributed by atoms with van der Waals surface area (Å²) in [5.41, 5.74) is 5.80. The van der Waals surface area contributed by atoms with E-state index in [-0.39, 0.29) is 5.97 Å². The van der Waals surface area contributed by atoms with E-state index in [2.05, 4.69) is 38.1 Å². The van der Waals surface area contributed by atoms with Gasteiger partial charge in [0.15, 0.2) is 0 Å². The van der Waals surface area contributed by atoms with Crippen molar-refractivity contribution in [2.24, 2.45) is 0 Å². The molecule has 0 saturated carbocycles. The molecule has 0 spiro atoms. The molecule has 0 aromatic heterocycles. The molecule has 0 fully saturated rings. The number of esters is 1. The molecule has 2 rings (SSSR count). The van der Waals surface area contributed by atoms with E-state index >= 15 is 0 Å². The maximum Gasteiger partial charge on any atom is 0.503 e. The van der Waals surface area contributed by atoms with Gasteiger partial charge >= 0.3 is 12.1 Å². The minimum Gasteiger partial charge on any atom is -0.465 e. The number of ether oxygens (including phenoxy) is 1. The zero-order chi connectivity index (χ0) is 28.0. The Labute approximate surface area is 230 Å². The smallest absolute Gasteiger partial charge is 0.465 e. The molecule has 0 radical (unpaired) electrons. The van der Waals surface area contributed by atoms with Crippen molar-refractivity contribution >= 4 is 12.1 Å². The molecule has 0 atom stereocenters. The molecular weight excluding hydrogens is 476 g/mol. The van der Waals surface area contributed by atoms with Crippen molar-refractivity contribution in [2.75, 3.05) is 7.11 Å². The van der Waals surface area contributed by atoms with Crippen molar-refractivity contribution in [1.29, 1.82) is 0 Å². The van der Waals surface area contributed by atoms with Crippen LogP contribution in [0.25, 0.3) is 11.1 Å². The number of hydrogen-bond donors (Lipinski definition) is 2. The van der Waals surface area contributed by atoms with Crippen molar-refractivity contribution in [1.82, 2.24) is 0 Å². The lowest BCUT2D eigenvalue weighted by Crippen LogP contribution is -2.05. The zero-order valence-electron chi connectivity index (χ0n) is 24.0. The summed E-state index contributed by atoms with van der Waals surface area (Å²) in [4.78, 5) is 21.0. The lowest BCUT2D eigenvalue weighted by molar-refractivity contribution is 0.0601. The highest BCUT2D eigenvalue weighted by atomic mass is 16.6. The number of hydrogen-bond acceptors (Lipinski definition) is 3. The van der Waals surface area contributed by atoms with Crippen LogP contribution in [0.5, 0.6) is 0 Å². The van der Waals surface area contributed by atoms with Crippen molar-refractivity contribution < 1.29 is 24.5 Å². The molecule has 38 heavy (non-hydrogen) atoms. The van der Waals surface area contributed by atoms with Gasteiger partial charge in [-0.25, -0.2) is 9.59 Å². The van der Waals surface area contributed by atoms with Crippen molar-refractivity contribution in [3.8, 4) is 11.1 Å². The van der Waals surface area contributed by atoms with Gasteiger partial charge in [-0.15, -0.1) is 0 Å². The molecule has 212 valence electrons. The van der Waals surface area contributed by atoms with Gasteiger partial charge in [0.05, 0.1) is 12.7 Å². The topological polar surface area (TPSA) is 83.8 Å². The van der Waals surface area contributed by atoms with Crippen molar-refractivity contribution in [3.63, 3.8) is 0 Å². The van der Waals surface area contributed by atoms with Gasteiger partial charge in [0.25, 0.3) is 0 Å². The van der Waals surface area contributed by atoms with E-state index in [1.165, 1.54) is 114 Å². The largest absolute Gasteiger partial charge is 0.503 e. The van der Waals surface area contributed by atoms with Gasteiger partial charge in [-0.1, -0.05) is 127 Å². The number of rotatable bonds is 18. The lowest BCUT2D eigenvalue weighted by atomic mass is 9.87. The van der Waals surface area contributed by atoms with Crippen molar-refractivity contribution in [3.05, 3.63) is 59.2 Å². The molecule has 0 aliphatic heterocycles. The highest BCUT2D eigenvalue weighted by molar-refractivity contribution is 5.97. The summed E-state index contributed by atoms with van der Waals surface area (Å²) < 4.78 is 5.09. The van der Waals surface area contributed by atoms with Crippen LogP contribution in [-0.4, -0.2) is 29.4 Å². The number of carbonyl (C=O) groups excluding carboxylic acids is 1. The van der Waals surface area contributed by atoms with E-state index < -0.39 is 6.16 Å². The fraction of sp³-hybridized carbons (Fsp3) is 0.576. The molecule has 0 aliphatic rings. The molecule has 0 unspecified atom stereocenters. The maximum atomic E-state index is 12.5. The molecule has 5 heteroatoms. The molecule has 2 N–H and O–H groups in total. The fourth-order valence-electron chi connectivity index (χ4n) is 4.95. The summed E-state index contributed by atoms with van der Waals surface area (Å²) in [6.45, 7) is 4.55. The Balaban J connectivity index is 0.00000168. The van der Waals surface area contributed by atoms with Gasteiger partial charge in [-0.3, -0.25) is 0 Å². The monoisotopic (exact) mass is 526 g/mol. The zero-order valence-corrected chi connectivity index (χ0v) is 24.0. The van der Waals surface area contributed by atoms with Crippen LogP contribution in [0.1, 0.15) is 125 Å². The van der Waals surface area contributed by atoms with Crippen LogP contribution in [-0.2, 0) is 17.6 Å². The summed E-state index contributed by atoms with van der Waals surface area (Å²) in [6.07, 6.45) is 18.9. The predicted molar refractivity (Wildman–Crippen MR) is 157 cm³/mol. The lowest BCUT2D eigenvalue weighted by Gasteiger charge is -2.17. The number of aryl methyl sites for hydroxylation is 1. The third kappa shape index (κ3) is 13.6. The Morgan fingerprint density at radius 2 is 1.11 bits per heavy atom. The van der Waals surface area contributed by atoms with E-state index in [1.54, 1.807) is 0 Å². The van der Waals surface area contributed by atoms with Gasteiger partial charge in [0.1, 0.15) is 0 Å². The van der Waals surface area contributed by atoms with Gasteiger partial charge in [0.2, 0.25) is 0 Å². The van der Waals surface area contributed by atoms with Crippen LogP contribution >= 0.6 is 0 Å². The van der Waals surface area contributed by atoms with Crippen molar-refractivity contribution in [2.45, 2.75) is 117 Å². The number of carbonyl (C=O) groups is 2. The Hall–Kier alpha value is -2.82. The predicted octanol–water partition coefficient (Wildman–Crippen LogP) is 9.95. The third-order valence-electron chi connectivity index (χ3n) is 6.98. The minimum atomic E-state index is -1.83. The van der Waals surface area contributed by atoms with E-state index in [9.17, 15) is 4.79 Å². The van der Waals surface area contributed by atoms with Crippen LogP contribution < -0.4 is 0 Å².